The number of rotatable bonds is 4. The first-order valence-corrected chi connectivity index (χ1v) is 6.35. The van der Waals surface area contributed by atoms with Gasteiger partial charge in [0.1, 0.15) is 0 Å². The van der Waals surface area contributed by atoms with Gasteiger partial charge in [-0.2, -0.15) is 5.10 Å². The molecule has 2 aromatic rings. The van der Waals surface area contributed by atoms with Gasteiger partial charge in [0, 0.05) is 42.1 Å². The summed E-state index contributed by atoms with van der Waals surface area (Å²) in [6.07, 6.45) is 7.48. The molecule has 2 rings (SSSR count). The Hall–Kier alpha value is -1.33. The highest BCUT2D eigenvalue weighted by Gasteiger charge is 2.19. The smallest absolute Gasteiger partial charge is 0.0533 e. The van der Waals surface area contributed by atoms with E-state index in [0.29, 0.717) is 0 Å². The van der Waals surface area contributed by atoms with Crippen molar-refractivity contribution in [2.24, 2.45) is 12.8 Å². The van der Waals surface area contributed by atoms with Crippen molar-refractivity contribution in [2.75, 3.05) is 0 Å². The molecule has 0 fully saturated rings. The van der Waals surface area contributed by atoms with Gasteiger partial charge in [-0.15, -0.1) is 11.8 Å². The third kappa shape index (κ3) is 3.08. The molecule has 0 bridgehead atoms. The summed E-state index contributed by atoms with van der Waals surface area (Å²) in [5, 5.41) is 4.41. The van der Waals surface area contributed by atoms with Gasteiger partial charge >= 0.3 is 0 Å². The summed E-state index contributed by atoms with van der Waals surface area (Å²) < 4.78 is 1.80. The first kappa shape index (κ1) is 12.1. The van der Waals surface area contributed by atoms with Gasteiger partial charge < -0.3 is 5.73 Å². The lowest BCUT2D eigenvalue weighted by Gasteiger charge is -2.18. The van der Waals surface area contributed by atoms with Crippen LogP contribution < -0.4 is 5.73 Å². The molecule has 0 spiro atoms. The maximum absolute atomic E-state index is 6.05. The van der Waals surface area contributed by atoms with Crippen LogP contribution in [0.2, 0.25) is 0 Å². The Morgan fingerprint density at radius 3 is 2.59 bits per heavy atom. The molecule has 2 aromatic heterocycles. The number of aryl methyl sites for hydroxylation is 1. The second-order valence-corrected chi connectivity index (χ2v) is 5.24. The predicted molar refractivity (Wildman–Crippen MR) is 69.7 cm³/mol. The minimum Gasteiger partial charge on any atom is -0.327 e. The molecular weight excluding hydrogens is 232 g/mol. The molecule has 0 saturated heterocycles. The number of hydrogen-bond acceptors (Lipinski definition) is 4. The largest absolute Gasteiger partial charge is 0.327 e. The molecule has 2 unspecified atom stereocenters. The molecule has 90 valence electrons. The highest BCUT2D eigenvalue weighted by molar-refractivity contribution is 7.99. The first-order chi connectivity index (χ1) is 8.16. The number of hydrogen-bond donors (Lipinski definition) is 1. The van der Waals surface area contributed by atoms with E-state index < -0.39 is 0 Å². The van der Waals surface area contributed by atoms with Crippen molar-refractivity contribution >= 4 is 11.8 Å². The fourth-order valence-corrected chi connectivity index (χ4v) is 2.67. The van der Waals surface area contributed by atoms with E-state index in [0.717, 1.165) is 5.56 Å². The van der Waals surface area contributed by atoms with Crippen molar-refractivity contribution in [1.29, 1.82) is 0 Å². The van der Waals surface area contributed by atoms with Crippen molar-refractivity contribution in [2.45, 2.75) is 23.1 Å². The summed E-state index contributed by atoms with van der Waals surface area (Å²) in [4.78, 5) is 5.19. The van der Waals surface area contributed by atoms with E-state index in [4.69, 9.17) is 5.73 Å². The number of nitrogens with two attached hydrogens (primary N) is 1. The summed E-state index contributed by atoms with van der Waals surface area (Å²) in [6, 6.07) is 4.06. The molecule has 0 aliphatic heterocycles. The fraction of sp³-hybridized carbons (Fsp3) is 0.333. The minimum absolute atomic E-state index is 0.0670. The fourth-order valence-electron chi connectivity index (χ4n) is 1.63. The van der Waals surface area contributed by atoms with Crippen LogP contribution in [0.1, 0.15) is 17.7 Å². The standard InChI is InChI=1S/C12H16N4S/c1-9(13)12(10-7-15-16(2)8-10)17-11-3-5-14-6-4-11/h3-9,12H,13H2,1-2H3. The normalized spacial score (nSPS) is 14.5. The Balaban J connectivity index is 2.19. The molecule has 4 nitrogen and oxygen atoms in total. The lowest BCUT2D eigenvalue weighted by Crippen LogP contribution is -2.22. The van der Waals surface area contributed by atoms with Gasteiger partial charge in [-0.25, -0.2) is 0 Å². The van der Waals surface area contributed by atoms with Crippen molar-refractivity contribution in [3.63, 3.8) is 0 Å². The Morgan fingerprint density at radius 2 is 2.06 bits per heavy atom. The molecule has 5 heteroatoms. The zero-order valence-electron chi connectivity index (χ0n) is 9.95. The molecule has 17 heavy (non-hydrogen) atoms. The van der Waals surface area contributed by atoms with E-state index in [1.807, 2.05) is 38.5 Å². The second-order valence-electron chi connectivity index (χ2n) is 4.03. The lowest BCUT2D eigenvalue weighted by molar-refractivity contribution is 0.718. The maximum atomic E-state index is 6.05. The Bertz CT molecular complexity index is 466. The zero-order chi connectivity index (χ0) is 12.3. The van der Waals surface area contributed by atoms with E-state index in [2.05, 4.69) is 10.1 Å². The Kier molecular flexibility index (Phi) is 3.81. The predicted octanol–water partition coefficient (Wildman–Crippen LogP) is 2.00. The summed E-state index contributed by atoms with van der Waals surface area (Å²) in [7, 11) is 1.92. The quantitative estimate of drug-likeness (QED) is 0.841. The number of pyridine rings is 1. The number of thioether (sulfide) groups is 1. The average molecular weight is 248 g/mol. The van der Waals surface area contributed by atoms with Crippen molar-refractivity contribution in [3.8, 4) is 0 Å². The summed E-state index contributed by atoms with van der Waals surface area (Å²) in [6.45, 7) is 2.02. The Labute approximate surface area is 105 Å². The topological polar surface area (TPSA) is 56.7 Å². The van der Waals surface area contributed by atoms with Crippen LogP contribution in [0.4, 0.5) is 0 Å². The maximum Gasteiger partial charge on any atom is 0.0533 e. The van der Waals surface area contributed by atoms with Crippen LogP contribution in [-0.4, -0.2) is 20.8 Å². The van der Waals surface area contributed by atoms with E-state index in [1.165, 1.54) is 4.90 Å². The van der Waals surface area contributed by atoms with Crippen LogP contribution in [0.3, 0.4) is 0 Å². The third-order valence-corrected chi connectivity index (χ3v) is 3.94. The summed E-state index contributed by atoms with van der Waals surface area (Å²) >= 11 is 1.74. The highest BCUT2D eigenvalue weighted by atomic mass is 32.2. The summed E-state index contributed by atoms with van der Waals surface area (Å²) in [5.41, 5.74) is 7.21. The van der Waals surface area contributed by atoms with Gasteiger partial charge in [0.25, 0.3) is 0 Å². The first-order valence-electron chi connectivity index (χ1n) is 5.47. The SMILES string of the molecule is CC(N)C(Sc1ccncc1)c1cnn(C)c1. The molecular formula is C12H16N4S. The van der Waals surface area contributed by atoms with Gasteiger partial charge in [-0.1, -0.05) is 0 Å². The van der Waals surface area contributed by atoms with Gasteiger partial charge in [0.05, 0.1) is 11.4 Å². The van der Waals surface area contributed by atoms with Crippen molar-refractivity contribution in [1.82, 2.24) is 14.8 Å². The monoisotopic (exact) mass is 248 g/mol. The molecule has 2 atom stereocenters. The van der Waals surface area contributed by atoms with E-state index >= 15 is 0 Å². The Morgan fingerprint density at radius 1 is 1.35 bits per heavy atom. The number of aromatic nitrogens is 3. The van der Waals surface area contributed by atoms with Gasteiger partial charge in [-0.05, 0) is 19.1 Å². The van der Waals surface area contributed by atoms with Crippen LogP contribution in [0, 0.1) is 0 Å². The van der Waals surface area contributed by atoms with Crippen molar-refractivity contribution in [3.05, 3.63) is 42.5 Å². The zero-order valence-corrected chi connectivity index (χ0v) is 10.8. The van der Waals surface area contributed by atoms with Crippen LogP contribution >= 0.6 is 11.8 Å². The van der Waals surface area contributed by atoms with E-state index in [9.17, 15) is 0 Å². The number of nitrogens with zero attached hydrogens (tertiary/aromatic N) is 3. The molecule has 0 radical (unpaired) electrons. The average Bonchev–Trinajstić information content (AvgIpc) is 2.73. The minimum atomic E-state index is 0.0670. The lowest BCUT2D eigenvalue weighted by atomic mass is 10.1. The molecule has 2 N–H and O–H groups in total. The van der Waals surface area contributed by atoms with Gasteiger partial charge in [0.15, 0.2) is 0 Å². The van der Waals surface area contributed by atoms with E-state index in [-0.39, 0.29) is 11.3 Å². The van der Waals surface area contributed by atoms with Gasteiger partial charge in [0.2, 0.25) is 0 Å². The third-order valence-electron chi connectivity index (χ3n) is 2.44. The van der Waals surface area contributed by atoms with Crippen LogP contribution in [0.15, 0.2) is 41.8 Å². The molecule has 0 aliphatic rings. The molecule has 0 amide bonds. The van der Waals surface area contributed by atoms with E-state index in [1.54, 1.807) is 28.8 Å². The molecule has 0 saturated carbocycles. The summed E-state index contributed by atoms with van der Waals surface area (Å²) in [5.74, 6) is 0. The van der Waals surface area contributed by atoms with Crippen LogP contribution in [0.5, 0.6) is 0 Å². The molecule has 2 heterocycles. The van der Waals surface area contributed by atoms with Crippen LogP contribution in [-0.2, 0) is 7.05 Å². The molecule has 0 aromatic carbocycles. The van der Waals surface area contributed by atoms with Crippen molar-refractivity contribution < 1.29 is 0 Å². The second kappa shape index (κ2) is 5.33. The molecule has 0 aliphatic carbocycles. The van der Waals surface area contributed by atoms with Crippen LogP contribution in [0.25, 0.3) is 0 Å². The van der Waals surface area contributed by atoms with Gasteiger partial charge in [-0.3, -0.25) is 9.67 Å². The highest BCUT2D eigenvalue weighted by Crippen LogP contribution is 2.36.